The molecule has 0 saturated carbocycles. The van der Waals surface area contributed by atoms with Gasteiger partial charge >= 0.3 is 5.97 Å². The zero-order valence-electron chi connectivity index (χ0n) is 11.4. The number of hydrogen-bond acceptors (Lipinski definition) is 5. The molecule has 0 atom stereocenters. The average molecular weight is 283 g/mol. The highest BCUT2D eigenvalue weighted by Crippen LogP contribution is 2.15. The fraction of sp³-hybridized carbons (Fsp3) is 0.133. The van der Waals surface area contributed by atoms with Gasteiger partial charge < -0.3 is 9.84 Å². The standard InChI is InChI=1S/C15H13N3O3/c1-21-15(20)11-5-6-18-13(16-17-14(18)9-11)8-10-3-2-4-12(19)7-10/h2-7,9,19H,8H2,1H3. The van der Waals surface area contributed by atoms with Crippen molar-refractivity contribution in [2.75, 3.05) is 7.11 Å². The van der Waals surface area contributed by atoms with Crippen molar-refractivity contribution in [2.45, 2.75) is 6.42 Å². The molecule has 3 rings (SSSR count). The van der Waals surface area contributed by atoms with Gasteiger partial charge in [0, 0.05) is 12.6 Å². The van der Waals surface area contributed by atoms with Gasteiger partial charge in [0.25, 0.3) is 0 Å². The number of hydrogen-bond donors (Lipinski definition) is 1. The Balaban J connectivity index is 1.95. The van der Waals surface area contributed by atoms with Crippen molar-refractivity contribution in [3.05, 3.63) is 59.5 Å². The monoisotopic (exact) mass is 283 g/mol. The second-order valence-corrected chi connectivity index (χ2v) is 4.60. The second kappa shape index (κ2) is 5.24. The molecule has 6 nitrogen and oxygen atoms in total. The van der Waals surface area contributed by atoms with Crippen molar-refractivity contribution >= 4 is 11.6 Å². The van der Waals surface area contributed by atoms with Gasteiger partial charge in [0.2, 0.25) is 0 Å². The van der Waals surface area contributed by atoms with Crippen LogP contribution in [-0.4, -0.2) is 32.8 Å². The Morgan fingerprint density at radius 1 is 1.29 bits per heavy atom. The highest BCUT2D eigenvalue weighted by Gasteiger charge is 2.11. The number of phenols is 1. The summed E-state index contributed by atoms with van der Waals surface area (Å²) in [6.07, 6.45) is 2.27. The van der Waals surface area contributed by atoms with E-state index in [9.17, 15) is 9.90 Å². The first-order chi connectivity index (χ1) is 10.2. The third kappa shape index (κ3) is 2.55. The van der Waals surface area contributed by atoms with E-state index >= 15 is 0 Å². The summed E-state index contributed by atoms with van der Waals surface area (Å²) in [7, 11) is 1.34. The molecule has 1 N–H and O–H groups in total. The predicted octanol–water partition coefficient (Wildman–Crippen LogP) is 1.81. The molecule has 21 heavy (non-hydrogen) atoms. The van der Waals surface area contributed by atoms with E-state index in [-0.39, 0.29) is 5.75 Å². The van der Waals surface area contributed by atoms with Gasteiger partial charge in [0.05, 0.1) is 12.7 Å². The van der Waals surface area contributed by atoms with Gasteiger partial charge in [0.15, 0.2) is 5.65 Å². The van der Waals surface area contributed by atoms with Crippen LogP contribution >= 0.6 is 0 Å². The number of ether oxygens (including phenoxy) is 1. The Morgan fingerprint density at radius 2 is 2.14 bits per heavy atom. The lowest BCUT2D eigenvalue weighted by molar-refractivity contribution is 0.0600. The lowest BCUT2D eigenvalue weighted by atomic mass is 10.1. The lowest BCUT2D eigenvalue weighted by Crippen LogP contribution is -2.03. The van der Waals surface area contributed by atoms with Gasteiger partial charge in [-0.25, -0.2) is 4.79 Å². The van der Waals surface area contributed by atoms with Crippen LogP contribution in [0.2, 0.25) is 0 Å². The second-order valence-electron chi connectivity index (χ2n) is 4.60. The van der Waals surface area contributed by atoms with Crippen LogP contribution in [0.5, 0.6) is 5.75 Å². The molecule has 0 spiro atoms. The number of pyridine rings is 1. The van der Waals surface area contributed by atoms with Crippen LogP contribution in [-0.2, 0) is 11.2 Å². The number of esters is 1. The quantitative estimate of drug-likeness (QED) is 0.742. The van der Waals surface area contributed by atoms with Crippen LogP contribution in [0, 0.1) is 0 Å². The SMILES string of the molecule is COC(=O)c1ccn2c(Cc3cccc(O)c3)nnc2c1. The van der Waals surface area contributed by atoms with Crippen molar-refractivity contribution < 1.29 is 14.6 Å². The minimum absolute atomic E-state index is 0.217. The number of aromatic nitrogens is 3. The zero-order chi connectivity index (χ0) is 14.8. The number of phenolic OH excluding ortho intramolecular Hbond substituents is 1. The van der Waals surface area contributed by atoms with E-state index in [2.05, 4.69) is 14.9 Å². The molecule has 0 amide bonds. The van der Waals surface area contributed by atoms with E-state index in [0.29, 0.717) is 17.6 Å². The van der Waals surface area contributed by atoms with Crippen LogP contribution in [0.3, 0.4) is 0 Å². The van der Waals surface area contributed by atoms with E-state index in [1.807, 2.05) is 6.07 Å². The number of carbonyl (C=O) groups is 1. The smallest absolute Gasteiger partial charge is 0.338 e. The topological polar surface area (TPSA) is 76.7 Å². The molecule has 0 aliphatic rings. The highest BCUT2D eigenvalue weighted by atomic mass is 16.5. The van der Waals surface area contributed by atoms with E-state index in [4.69, 9.17) is 0 Å². The normalized spacial score (nSPS) is 10.7. The average Bonchev–Trinajstić information content (AvgIpc) is 2.89. The van der Waals surface area contributed by atoms with Crippen LogP contribution in [0.15, 0.2) is 42.6 Å². The van der Waals surface area contributed by atoms with Crippen LogP contribution in [0.25, 0.3) is 5.65 Å². The van der Waals surface area contributed by atoms with Crippen LogP contribution in [0.1, 0.15) is 21.7 Å². The fourth-order valence-corrected chi connectivity index (χ4v) is 2.15. The number of benzene rings is 1. The minimum atomic E-state index is -0.407. The van der Waals surface area contributed by atoms with E-state index in [0.717, 1.165) is 11.4 Å². The van der Waals surface area contributed by atoms with Gasteiger partial charge in [0.1, 0.15) is 11.6 Å². The Labute approximate surface area is 120 Å². The minimum Gasteiger partial charge on any atom is -0.508 e. The lowest BCUT2D eigenvalue weighted by Gasteiger charge is -2.03. The molecule has 3 aromatic rings. The molecule has 0 unspecified atom stereocenters. The van der Waals surface area contributed by atoms with Crippen molar-refractivity contribution in [1.29, 1.82) is 0 Å². The van der Waals surface area contributed by atoms with Crippen molar-refractivity contribution in [1.82, 2.24) is 14.6 Å². The van der Waals surface area contributed by atoms with Crippen molar-refractivity contribution in [3.8, 4) is 5.75 Å². The van der Waals surface area contributed by atoms with Gasteiger partial charge in [-0.15, -0.1) is 10.2 Å². The molecule has 0 bridgehead atoms. The number of rotatable bonds is 3. The Morgan fingerprint density at radius 3 is 2.90 bits per heavy atom. The third-order valence-electron chi connectivity index (χ3n) is 3.17. The van der Waals surface area contributed by atoms with Crippen LogP contribution < -0.4 is 0 Å². The molecule has 0 aliphatic heterocycles. The molecule has 0 saturated heterocycles. The molecular weight excluding hydrogens is 270 g/mol. The Hall–Kier alpha value is -2.89. The largest absolute Gasteiger partial charge is 0.508 e. The maximum atomic E-state index is 11.5. The summed E-state index contributed by atoms with van der Waals surface area (Å²) in [6.45, 7) is 0. The van der Waals surface area contributed by atoms with Gasteiger partial charge in [-0.05, 0) is 29.8 Å². The summed E-state index contributed by atoms with van der Waals surface area (Å²) in [5.74, 6) is 0.538. The van der Waals surface area contributed by atoms with Crippen LogP contribution in [0.4, 0.5) is 0 Å². The first kappa shape index (κ1) is 13.1. The van der Waals surface area contributed by atoms with E-state index < -0.39 is 5.97 Å². The molecule has 0 aliphatic carbocycles. The van der Waals surface area contributed by atoms with Crippen molar-refractivity contribution in [2.24, 2.45) is 0 Å². The number of carbonyl (C=O) groups excluding carboxylic acids is 1. The number of fused-ring (bicyclic) bond motifs is 1. The first-order valence-corrected chi connectivity index (χ1v) is 6.37. The molecular formula is C15H13N3O3. The number of aromatic hydroxyl groups is 1. The highest BCUT2D eigenvalue weighted by molar-refractivity contribution is 5.90. The summed E-state index contributed by atoms with van der Waals surface area (Å²) in [6, 6.07) is 10.3. The molecule has 106 valence electrons. The summed E-state index contributed by atoms with van der Waals surface area (Å²) in [5, 5.41) is 17.7. The maximum Gasteiger partial charge on any atom is 0.338 e. The van der Waals surface area contributed by atoms with Gasteiger partial charge in [-0.3, -0.25) is 4.40 Å². The zero-order valence-corrected chi connectivity index (χ0v) is 11.4. The summed E-state index contributed by atoms with van der Waals surface area (Å²) < 4.78 is 6.48. The fourth-order valence-electron chi connectivity index (χ4n) is 2.15. The van der Waals surface area contributed by atoms with Crippen molar-refractivity contribution in [3.63, 3.8) is 0 Å². The van der Waals surface area contributed by atoms with E-state index in [1.165, 1.54) is 7.11 Å². The molecule has 6 heteroatoms. The first-order valence-electron chi connectivity index (χ1n) is 6.37. The number of nitrogens with zero attached hydrogens (tertiary/aromatic N) is 3. The third-order valence-corrected chi connectivity index (χ3v) is 3.17. The summed E-state index contributed by atoms with van der Waals surface area (Å²) in [4.78, 5) is 11.5. The summed E-state index contributed by atoms with van der Waals surface area (Å²) in [5.41, 5.74) is 1.94. The summed E-state index contributed by atoms with van der Waals surface area (Å²) >= 11 is 0. The predicted molar refractivity (Wildman–Crippen MR) is 75.2 cm³/mol. The van der Waals surface area contributed by atoms with E-state index in [1.54, 1.807) is 40.9 Å². The molecule has 0 radical (unpaired) electrons. The molecule has 1 aromatic carbocycles. The molecule has 2 heterocycles. The van der Waals surface area contributed by atoms with Gasteiger partial charge in [-0.2, -0.15) is 0 Å². The number of methoxy groups -OCH3 is 1. The molecule has 2 aromatic heterocycles. The van der Waals surface area contributed by atoms with Gasteiger partial charge in [-0.1, -0.05) is 12.1 Å². The Bertz CT molecular complexity index is 811. The maximum absolute atomic E-state index is 11.5. The Kier molecular flexibility index (Phi) is 3.27. The molecule has 0 fully saturated rings.